The third-order valence-electron chi connectivity index (χ3n) is 1.74. The Morgan fingerprint density at radius 1 is 1.38 bits per heavy atom. The number of aldehydes is 1. The number of carbonyl (C=O) groups excluding carboxylic acids is 1. The van der Waals surface area contributed by atoms with Crippen LogP contribution in [0.3, 0.4) is 0 Å². The number of aliphatic hydroxyl groups excluding tert-OH is 4. The number of carbonyl (C=O) groups is 1. The molecule has 0 saturated heterocycles. The summed E-state index contributed by atoms with van der Waals surface area (Å²) in [5.74, 6) is 0. The van der Waals surface area contributed by atoms with Gasteiger partial charge in [0.15, 0.2) is 6.29 Å². The first-order valence-electron chi connectivity index (χ1n) is 3.70. The highest BCUT2D eigenvalue weighted by molar-refractivity contribution is 5.62. The van der Waals surface area contributed by atoms with Crippen LogP contribution in [0.4, 0.5) is 0 Å². The Morgan fingerprint density at radius 3 is 2.15 bits per heavy atom. The Labute approximate surface area is 75.1 Å². The van der Waals surface area contributed by atoms with Crippen LogP contribution < -0.4 is 0 Å². The number of aliphatic hydroxyl groups is 5. The van der Waals surface area contributed by atoms with E-state index in [4.69, 9.17) is 25.5 Å². The first kappa shape index (κ1) is 12.5. The van der Waals surface area contributed by atoms with Crippen LogP contribution in [-0.4, -0.2) is 62.3 Å². The fraction of sp³-hybridized carbons (Fsp3) is 0.857. The van der Waals surface area contributed by atoms with Gasteiger partial charge in [-0.1, -0.05) is 0 Å². The third kappa shape index (κ3) is 3.02. The Kier molecular flexibility index (Phi) is 4.45. The van der Waals surface area contributed by atoms with Gasteiger partial charge in [-0.25, -0.2) is 0 Å². The van der Waals surface area contributed by atoms with Crippen molar-refractivity contribution in [1.82, 2.24) is 0 Å². The highest BCUT2D eigenvalue weighted by Crippen LogP contribution is 2.12. The van der Waals surface area contributed by atoms with Gasteiger partial charge in [-0.05, 0) is 6.92 Å². The minimum atomic E-state index is -2.14. The topological polar surface area (TPSA) is 118 Å². The summed E-state index contributed by atoms with van der Waals surface area (Å²) in [6.45, 7) is 0.213. The second-order valence-electron chi connectivity index (χ2n) is 3.03. The maximum atomic E-state index is 10.2. The normalized spacial score (nSPS) is 22.9. The lowest BCUT2D eigenvalue weighted by atomic mass is 9.93. The van der Waals surface area contributed by atoms with Crippen molar-refractivity contribution in [3.05, 3.63) is 0 Å². The first-order valence-corrected chi connectivity index (χ1v) is 3.70. The summed E-state index contributed by atoms with van der Waals surface area (Å²) in [6.07, 6.45) is -5.16. The van der Waals surface area contributed by atoms with Crippen LogP contribution in [0.15, 0.2) is 0 Å². The molecule has 78 valence electrons. The molecule has 0 unspecified atom stereocenters. The van der Waals surface area contributed by atoms with Gasteiger partial charge in [-0.15, -0.1) is 0 Å². The monoisotopic (exact) mass is 194 g/mol. The second-order valence-corrected chi connectivity index (χ2v) is 3.03. The molecule has 5 N–H and O–H groups in total. The van der Waals surface area contributed by atoms with Gasteiger partial charge in [0.25, 0.3) is 0 Å². The van der Waals surface area contributed by atoms with Crippen LogP contribution in [0.25, 0.3) is 0 Å². The molecule has 0 bridgehead atoms. The van der Waals surface area contributed by atoms with Crippen LogP contribution in [-0.2, 0) is 4.79 Å². The van der Waals surface area contributed by atoms with E-state index in [1.165, 1.54) is 0 Å². The average Bonchev–Trinajstić information content (AvgIpc) is 2.14. The third-order valence-corrected chi connectivity index (χ3v) is 1.74. The zero-order valence-electron chi connectivity index (χ0n) is 7.16. The van der Waals surface area contributed by atoms with Crippen molar-refractivity contribution in [2.24, 2.45) is 0 Å². The Bertz CT molecular complexity index is 168. The van der Waals surface area contributed by atoms with Crippen LogP contribution in [0.1, 0.15) is 6.92 Å². The Hall–Kier alpha value is -0.530. The smallest absolute Gasteiger partial charge is 0.154 e. The maximum absolute atomic E-state index is 10.2. The molecule has 0 spiro atoms. The molecule has 0 aliphatic carbocycles. The molecule has 0 amide bonds. The van der Waals surface area contributed by atoms with Crippen LogP contribution >= 0.6 is 0 Å². The molecule has 0 fully saturated rings. The molecule has 0 radical (unpaired) electrons. The van der Waals surface area contributed by atoms with Crippen LogP contribution in [0, 0.1) is 0 Å². The van der Waals surface area contributed by atoms with E-state index in [1.807, 2.05) is 0 Å². The van der Waals surface area contributed by atoms with E-state index in [9.17, 15) is 4.79 Å². The minimum absolute atomic E-state index is 0.0466. The maximum Gasteiger partial charge on any atom is 0.154 e. The first-order chi connectivity index (χ1) is 5.86. The van der Waals surface area contributed by atoms with Crippen molar-refractivity contribution in [2.75, 3.05) is 6.61 Å². The molecular formula is C7H14O6. The van der Waals surface area contributed by atoms with E-state index in [-0.39, 0.29) is 6.29 Å². The summed E-state index contributed by atoms with van der Waals surface area (Å²) in [5.41, 5.74) is -2.14. The fourth-order valence-electron chi connectivity index (χ4n) is 0.734. The molecule has 0 saturated carbocycles. The molecule has 0 heterocycles. The summed E-state index contributed by atoms with van der Waals surface area (Å²) in [5, 5.41) is 44.6. The second kappa shape index (κ2) is 4.64. The summed E-state index contributed by atoms with van der Waals surface area (Å²) < 4.78 is 0. The van der Waals surface area contributed by atoms with Gasteiger partial charge in [0.1, 0.15) is 23.9 Å². The van der Waals surface area contributed by atoms with Crippen molar-refractivity contribution >= 4 is 6.29 Å². The lowest BCUT2D eigenvalue weighted by Gasteiger charge is -2.29. The SMILES string of the molecule is C[C@](O)(C=O)[C@@H](O)[C@@H](O)[C@H](O)CO. The van der Waals surface area contributed by atoms with Gasteiger partial charge in [-0.3, -0.25) is 0 Å². The molecule has 0 aromatic heterocycles. The molecule has 13 heavy (non-hydrogen) atoms. The standard InChI is InChI=1S/C7H14O6/c1-7(13,3-9)6(12)5(11)4(10)2-8/h3-6,8,10-13H,2H2,1H3/t4-,5+,6+,7+/m1/s1. The number of hydrogen-bond acceptors (Lipinski definition) is 6. The highest BCUT2D eigenvalue weighted by Gasteiger charge is 2.38. The lowest BCUT2D eigenvalue weighted by Crippen LogP contribution is -2.53. The van der Waals surface area contributed by atoms with Gasteiger partial charge < -0.3 is 30.3 Å². The molecule has 0 aliphatic heterocycles. The van der Waals surface area contributed by atoms with Crippen LogP contribution in [0.5, 0.6) is 0 Å². The van der Waals surface area contributed by atoms with Gasteiger partial charge in [0.05, 0.1) is 6.61 Å². The van der Waals surface area contributed by atoms with Crippen molar-refractivity contribution in [3.8, 4) is 0 Å². The zero-order chi connectivity index (χ0) is 10.6. The summed E-state index contributed by atoms with van der Waals surface area (Å²) in [7, 11) is 0. The zero-order valence-corrected chi connectivity index (χ0v) is 7.16. The van der Waals surface area contributed by atoms with Crippen molar-refractivity contribution in [1.29, 1.82) is 0 Å². The molecular weight excluding hydrogens is 180 g/mol. The van der Waals surface area contributed by atoms with Crippen molar-refractivity contribution in [3.63, 3.8) is 0 Å². The van der Waals surface area contributed by atoms with E-state index in [2.05, 4.69) is 0 Å². The summed E-state index contributed by atoms with van der Waals surface area (Å²) in [6, 6.07) is 0. The summed E-state index contributed by atoms with van der Waals surface area (Å²) >= 11 is 0. The Morgan fingerprint density at radius 2 is 1.85 bits per heavy atom. The lowest BCUT2D eigenvalue weighted by molar-refractivity contribution is -0.159. The largest absolute Gasteiger partial charge is 0.394 e. The van der Waals surface area contributed by atoms with E-state index in [0.717, 1.165) is 6.92 Å². The summed E-state index contributed by atoms with van der Waals surface area (Å²) in [4.78, 5) is 10.2. The van der Waals surface area contributed by atoms with Crippen LogP contribution in [0.2, 0.25) is 0 Å². The van der Waals surface area contributed by atoms with E-state index < -0.39 is 30.5 Å². The number of hydrogen-bond donors (Lipinski definition) is 5. The number of rotatable bonds is 5. The van der Waals surface area contributed by atoms with Crippen molar-refractivity contribution < 1.29 is 30.3 Å². The molecule has 0 rings (SSSR count). The molecule has 0 aromatic rings. The van der Waals surface area contributed by atoms with Crippen molar-refractivity contribution in [2.45, 2.75) is 30.8 Å². The van der Waals surface area contributed by atoms with Gasteiger partial charge in [0, 0.05) is 0 Å². The van der Waals surface area contributed by atoms with Gasteiger partial charge >= 0.3 is 0 Å². The average molecular weight is 194 g/mol. The Balaban J connectivity index is 4.40. The van der Waals surface area contributed by atoms with E-state index in [1.54, 1.807) is 0 Å². The van der Waals surface area contributed by atoms with Gasteiger partial charge in [-0.2, -0.15) is 0 Å². The van der Waals surface area contributed by atoms with E-state index in [0.29, 0.717) is 0 Å². The van der Waals surface area contributed by atoms with Gasteiger partial charge in [0.2, 0.25) is 0 Å². The predicted octanol–water partition coefficient (Wildman–Crippen LogP) is -2.99. The molecule has 0 aromatic carbocycles. The molecule has 6 nitrogen and oxygen atoms in total. The van der Waals surface area contributed by atoms with E-state index >= 15 is 0 Å². The quantitative estimate of drug-likeness (QED) is 0.298. The molecule has 6 heteroatoms. The molecule has 4 atom stereocenters. The predicted molar refractivity (Wildman–Crippen MR) is 41.8 cm³/mol. The highest BCUT2D eigenvalue weighted by atomic mass is 16.4. The molecule has 0 aliphatic rings. The fourth-order valence-corrected chi connectivity index (χ4v) is 0.734. The minimum Gasteiger partial charge on any atom is -0.394 e.